The minimum absolute atomic E-state index is 0.00717. The third-order valence-electron chi connectivity index (χ3n) is 2.37. The van der Waals surface area contributed by atoms with Crippen molar-refractivity contribution in [2.45, 2.75) is 23.5 Å². The molecule has 0 aliphatic rings. The monoisotopic (exact) mass is 295 g/mol. The highest BCUT2D eigenvalue weighted by molar-refractivity contribution is 7.99. The first kappa shape index (κ1) is 13.9. The second-order valence-corrected chi connectivity index (χ2v) is 4.86. The molecule has 0 aliphatic carbocycles. The highest BCUT2D eigenvalue weighted by Gasteiger charge is 2.15. The zero-order valence-electron chi connectivity index (χ0n) is 10.3. The largest absolute Gasteiger partial charge is 0.480 e. The molecule has 20 heavy (non-hydrogen) atoms. The number of tetrazole rings is 1. The number of hydrogen-bond acceptors (Lipinski definition) is 7. The van der Waals surface area contributed by atoms with E-state index in [1.165, 1.54) is 6.07 Å². The molecule has 0 bridgehead atoms. The van der Waals surface area contributed by atoms with Crippen molar-refractivity contribution in [2.75, 3.05) is 0 Å². The van der Waals surface area contributed by atoms with E-state index in [4.69, 9.17) is 5.11 Å². The van der Waals surface area contributed by atoms with Crippen molar-refractivity contribution in [3.8, 4) is 0 Å². The number of carbonyl (C=O) groups is 1. The van der Waals surface area contributed by atoms with Gasteiger partial charge >= 0.3 is 5.97 Å². The van der Waals surface area contributed by atoms with Crippen LogP contribution in [-0.4, -0.2) is 36.2 Å². The molecule has 0 unspecified atom stereocenters. The molecular formula is C10H9N5O4S. The minimum Gasteiger partial charge on any atom is -0.480 e. The standard InChI is InChI=1S/C10H9N5O4S/c1-6-2-3-7(4-8(6)15(18)19)20-10-11-12-13-14(10)5-9(16)17/h2-4H,5H2,1H3,(H,16,17). The maximum absolute atomic E-state index is 10.9. The number of benzene rings is 1. The molecule has 0 radical (unpaired) electrons. The summed E-state index contributed by atoms with van der Waals surface area (Å²) in [6.45, 7) is 1.27. The molecule has 2 rings (SSSR count). The predicted molar refractivity (Wildman–Crippen MR) is 67.4 cm³/mol. The quantitative estimate of drug-likeness (QED) is 0.642. The van der Waals surface area contributed by atoms with Gasteiger partial charge in [-0.1, -0.05) is 6.07 Å². The molecule has 1 aromatic carbocycles. The Kier molecular flexibility index (Phi) is 3.94. The molecule has 10 heteroatoms. The van der Waals surface area contributed by atoms with Crippen LogP contribution in [0.25, 0.3) is 0 Å². The summed E-state index contributed by atoms with van der Waals surface area (Å²) in [5, 5.41) is 30.5. The zero-order chi connectivity index (χ0) is 14.7. The Morgan fingerprint density at radius 1 is 1.55 bits per heavy atom. The normalized spacial score (nSPS) is 10.4. The van der Waals surface area contributed by atoms with E-state index in [2.05, 4.69) is 15.5 Å². The van der Waals surface area contributed by atoms with Crippen LogP contribution in [0.15, 0.2) is 28.3 Å². The number of aliphatic carboxylic acids is 1. The van der Waals surface area contributed by atoms with Gasteiger partial charge in [0.1, 0.15) is 6.54 Å². The summed E-state index contributed by atoms with van der Waals surface area (Å²) in [5.41, 5.74) is 0.539. The van der Waals surface area contributed by atoms with Gasteiger partial charge < -0.3 is 5.11 Å². The van der Waals surface area contributed by atoms with Gasteiger partial charge in [-0.3, -0.25) is 14.9 Å². The molecule has 0 saturated carbocycles. The first-order valence-corrected chi connectivity index (χ1v) is 6.20. The third-order valence-corrected chi connectivity index (χ3v) is 3.34. The Morgan fingerprint density at radius 3 is 2.95 bits per heavy atom. The van der Waals surface area contributed by atoms with E-state index in [1.54, 1.807) is 19.1 Å². The summed E-state index contributed by atoms with van der Waals surface area (Å²) in [4.78, 5) is 21.6. The number of carboxylic acid groups (broad SMARTS) is 1. The van der Waals surface area contributed by atoms with Crippen molar-refractivity contribution in [3.05, 3.63) is 33.9 Å². The Bertz CT molecular complexity index is 671. The van der Waals surface area contributed by atoms with Crippen molar-refractivity contribution in [1.82, 2.24) is 20.2 Å². The van der Waals surface area contributed by atoms with Gasteiger partial charge in [0.15, 0.2) is 0 Å². The van der Waals surface area contributed by atoms with Gasteiger partial charge in [0.25, 0.3) is 5.69 Å². The lowest BCUT2D eigenvalue weighted by Crippen LogP contribution is -2.11. The Labute approximate surface area is 116 Å². The molecule has 1 N–H and O–H groups in total. The molecule has 1 aromatic heterocycles. The Balaban J connectivity index is 2.26. The van der Waals surface area contributed by atoms with E-state index in [0.29, 0.717) is 10.5 Å². The number of nitrogens with zero attached hydrogens (tertiary/aromatic N) is 5. The maximum Gasteiger partial charge on any atom is 0.325 e. The highest BCUT2D eigenvalue weighted by Crippen LogP contribution is 2.30. The van der Waals surface area contributed by atoms with E-state index in [9.17, 15) is 14.9 Å². The fraction of sp³-hybridized carbons (Fsp3) is 0.200. The van der Waals surface area contributed by atoms with Crippen molar-refractivity contribution in [1.29, 1.82) is 0 Å². The van der Waals surface area contributed by atoms with Crippen LogP contribution in [0.3, 0.4) is 0 Å². The first-order chi connectivity index (χ1) is 9.47. The lowest BCUT2D eigenvalue weighted by molar-refractivity contribution is -0.385. The van der Waals surface area contributed by atoms with Crippen molar-refractivity contribution in [2.24, 2.45) is 0 Å². The van der Waals surface area contributed by atoms with Crippen molar-refractivity contribution in [3.63, 3.8) is 0 Å². The zero-order valence-corrected chi connectivity index (χ0v) is 11.1. The van der Waals surface area contributed by atoms with Crippen LogP contribution in [-0.2, 0) is 11.3 Å². The second kappa shape index (κ2) is 5.65. The summed E-state index contributed by atoms with van der Waals surface area (Å²) < 4.78 is 1.11. The summed E-state index contributed by atoms with van der Waals surface area (Å²) in [7, 11) is 0. The number of nitro groups is 1. The van der Waals surface area contributed by atoms with E-state index >= 15 is 0 Å². The molecule has 0 fully saturated rings. The predicted octanol–water partition coefficient (Wildman–Crippen LogP) is 1.13. The van der Waals surface area contributed by atoms with Crippen LogP contribution in [0.4, 0.5) is 5.69 Å². The SMILES string of the molecule is Cc1ccc(Sc2nnnn2CC(=O)O)cc1[N+](=O)[O-]. The highest BCUT2D eigenvalue weighted by atomic mass is 32.2. The van der Waals surface area contributed by atoms with Gasteiger partial charge in [-0.2, -0.15) is 0 Å². The van der Waals surface area contributed by atoms with Gasteiger partial charge in [0.2, 0.25) is 5.16 Å². The molecule has 1 heterocycles. The van der Waals surface area contributed by atoms with E-state index < -0.39 is 10.9 Å². The number of nitro benzene ring substituents is 1. The summed E-state index contributed by atoms with van der Waals surface area (Å²) in [6.07, 6.45) is 0. The summed E-state index contributed by atoms with van der Waals surface area (Å²) in [6, 6.07) is 4.71. The molecule has 2 aromatic rings. The average molecular weight is 295 g/mol. The fourth-order valence-corrected chi connectivity index (χ4v) is 2.25. The molecule has 0 amide bonds. The van der Waals surface area contributed by atoms with E-state index in [0.717, 1.165) is 16.4 Å². The van der Waals surface area contributed by atoms with Crippen LogP contribution in [0.2, 0.25) is 0 Å². The molecule has 0 atom stereocenters. The molecule has 0 saturated heterocycles. The Hall–Kier alpha value is -2.49. The number of rotatable bonds is 5. The van der Waals surface area contributed by atoms with E-state index in [1.807, 2.05) is 0 Å². The van der Waals surface area contributed by atoms with Crippen LogP contribution < -0.4 is 0 Å². The topological polar surface area (TPSA) is 124 Å². The molecule has 9 nitrogen and oxygen atoms in total. The van der Waals surface area contributed by atoms with Crippen molar-refractivity contribution < 1.29 is 14.8 Å². The molecule has 0 spiro atoms. The van der Waals surface area contributed by atoms with Gasteiger partial charge in [-0.25, -0.2) is 4.68 Å². The molecule has 0 aliphatic heterocycles. The lowest BCUT2D eigenvalue weighted by Gasteiger charge is -2.03. The average Bonchev–Trinajstić information content (AvgIpc) is 2.78. The summed E-state index contributed by atoms with van der Waals surface area (Å²) in [5.74, 6) is -1.07. The first-order valence-electron chi connectivity index (χ1n) is 5.38. The fourth-order valence-electron chi connectivity index (χ4n) is 1.45. The Morgan fingerprint density at radius 2 is 2.30 bits per heavy atom. The molecule has 104 valence electrons. The van der Waals surface area contributed by atoms with Crippen LogP contribution in [0, 0.1) is 17.0 Å². The van der Waals surface area contributed by atoms with Gasteiger partial charge in [-0.15, -0.1) is 5.10 Å². The number of hydrogen-bond donors (Lipinski definition) is 1. The van der Waals surface area contributed by atoms with Gasteiger partial charge in [0.05, 0.1) is 4.92 Å². The van der Waals surface area contributed by atoms with E-state index in [-0.39, 0.29) is 17.4 Å². The smallest absolute Gasteiger partial charge is 0.325 e. The van der Waals surface area contributed by atoms with Crippen molar-refractivity contribution >= 4 is 23.4 Å². The van der Waals surface area contributed by atoms with Crippen LogP contribution in [0.1, 0.15) is 5.56 Å². The third kappa shape index (κ3) is 3.09. The summed E-state index contributed by atoms with van der Waals surface area (Å²) >= 11 is 1.06. The van der Waals surface area contributed by atoms with Gasteiger partial charge in [-0.05, 0) is 35.2 Å². The second-order valence-electron chi connectivity index (χ2n) is 3.82. The number of aromatic nitrogens is 4. The lowest BCUT2D eigenvalue weighted by atomic mass is 10.2. The van der Waals surface area contributed by atoms with Crippen LogP contribution in [0.5, 0.6) is 0 Å². The van der Waals surface area contributed by atoms with Gasteiger partial charge in [0, 0.05) is 16.5 Å². The maximum atomic E-state index is 10.9. The minimum atomic E-state index is -1.07. The number of aryl methyl sites for hydroxylation is 1. The molecular weight excluding hydrogens is 286 g/mol. The number of carboxylic acids is 1. The van der Waals surface area contributed by atoms with Crippen LogP contribution >= 0.6 is 11.8 Å².